The van der Waals surface area contributed by atoms with E-state index in [1.165, 1.54) is 44.9 Å². The third-order valence-electron chi connectivity index (χ3n) is 2.41. The molecule has 0 rings (SSSR count). The lowest BCUT2D eigenvalue weighted by Crippen LogP contribution is -1.95. The van der Waals surface area contributed by atoms with Crippen LogP contribution >= 0.6 is 0 Å². The first kappa shape index (κ1) is 14.8. The predicted octanol–water partition coefficient (Wildman–Crippen LogP) is 3.74. The Bertz CT molecular complexity index is 96.8. The number of hydrogen-bond donors (Lipinski definition) is 0. The lowest BCUT2D eigenvalue weighted by atomic mass is 10.1. The van der Waals surface area contributed by atoms with Crippen LogP contribution in [0, 0.1) is 0 Å². The fraction of sp³-hybridized carbons (Fsp3) is 1.00. The minimum atomic E-state index is 0.429. The van der Waals surface area contributed by atoms with Crippen LogP contribution in [0.4, 0.5) is 0 Å². The molecule has 0 aliphatic carbocycles. The van der Waals surface area contributed by atoms with Gasteiger partial charge in [-0.15, -0.1) is 0 Å². The molecular weight excluding hydrogens is 196 g/mol. The lowest BCUT2D eigenvalue weighted by molar-refractivity contribution is -0.646. The molecule has 0 aromatic heterocycles. The molecule has 1 radical (unpaired) electrons. The monoisotopic (exact) mass is 219 g/mol. The Labute approximate surface area is 92.3 Å². The van der Waals surface area contributed by atoms with Gasteiger partial charge in [-0.1, -0.05) is 58.3 Å². The second kappa shape index (κ2) is 13.8. The Hall–Kier alpha value is -0.160. The summed E-state index contributed by atoms with van der Waals surface area (Å²) in [5.41, 5.74) is 0. The Morgan fingerprint density at radius 3 is 1.87 bits per heavy atom. The van der Waals surface area contributed by atoms with Crippen molar-refractivity contribution in [3.63, 3.8) is 0 Å². The first-order valence-electron chi connectivity index (χ1n) is 6.00. The maximum atomic E-state index is 9.34. The summed E-state index contributed by atoms with van der Waals surface area (Å²) < 4.78 is 0. The van der Waals surface area contributed by atoms with Gasteiger partial charge in [0.15, 0.2) is 0 Å². The molecule has 0 N–H and O–H groups in total. The Morgan fingerprint density at radius 2 is 1.33 bits per heavy atom. The van der Waals surface area contributed by atoms with Crippen LogP contribution in [0.3, 0.4) is 0 Å². The maximum absolute atomic E-state index is 9.34. The summed E-state index contributed by atoms with van der Waals surface area (Å²) in [7, 11) is 0. The summed E-state index contributed by atoms with van der Waals surface area (Å²) in [6.07, 6.45) is 11.3. The van der Waals surface area contributed by atoms with Crippen molar-refractivity contribution in [1.29, 1.82) is 0 Å². The van der Waals surface area contributed by atoms with E-state index in [-0.39, 0.29) is 0 Å². The molecule has 4 nitrogen and oxygen atoms in total. The molecule has 0 saturated heterocycles. The van der Waals surface area contributed by atoms with E-state index in [4.69, 9.17) is 0 Å². The van der Waals surface area contributed by atoms with Crippen LogP contribution in [0.1, 0.15) is 64.7 Å². The van der Waals surface area contributed by atoms with Gasteiger partial charge >= 0.3 is 0 Å². The van der Waals surface area contributed by atoms with E-state index in [1.807, 2.05) is 0 Å². The molecule has 0 aliphatic rings. The van der Waals surface area contributed by atoms with Crippen molar-refractivity contribution in [2.75, 3.05) is 6.61 Å². The highest BCUT2D eigenvalue weighted by Gasteiger charge is 1.93. The van der Waals surface area contributed by atoms with Crippen LogP contribution in [-0.2, 0) is 20.2 Å². The van der Waals surface area contributed by atoms with Crippen LogP contribution in [-0.4, -0.2) is 6.61 Å². The summed E-state index contributed by atoms with van der Waals surface area (Å²) >= 11 is 0. The molecule has 91 valence electrons. The quantitative estimate of drug-likeness (QED) is 0.285. The van der Waals surface area contributed by atoms with E-state index < -0.39 is 0 Å². The number of unbranched alkanes of at least 4 members (excludes halogenated alkanes) is 8. The first-order valence-corrected chi connectivity index (χ1v) is 6.00. The molecule has 0 aliphatic heterocycles. The van der Waals surface area contributed by atoms with Crippen molar-refractivity contribution in [2.24, 2.45) is 0 Å². The van der Waals surface area contributed by atoms with Gasteiger partial charge in [0.25, 0.3) is 0 Å². The SMILES string of the molecule is CCCCCCCCCCCOOO[O]. The molecular formula is C11H23O4. The van der Waals surface area contributed by atoms with Gasteiger partial charge in [-0.05, 0) is 21.8 Å². The van der Waals surface area contributed by atoms with E-state index in [2.05, 4.69) is 21.9 Å². The average molecular weight is 219 g/mol. The summed E-state index contributed by atoms with van der Waals surface area (Å²) in [5, 5.41) is 16.1. The molecule has 0 atom stereocenters. The van der Waals surface area contributed by atoms with E-state index in [0.717, 1.165) is 12.8 Å². The fourth-order valence-corrected chi connectivity index (χ4v) is 1.53. The van der Waals surface area contributed by atoms with Crippen LogP contribution in [0.5, 0.6) is 0 Å². The Kier molecular flexibility index (Phi) is 13.7. The zero-order valence-corrected chi connectivity index (χ0v) is 9.70. The van der Waals surface area contributed by atoms with E-state index >= 15 is 0 Å². The average Bonchev–Trinajstić information content (AvgIpc) is 2.26. The van der Waals surface area contributed by atoms with Crippen molar-refractivity contribution >= 4 is 0 Å². The van der Waals surface area contributed by atoms with Gasteiger partial charge in [0.05, 0.1) is 6.61 Å². The van der Waals surface area contributed by atoms with Crippen LogP contribution in [0.2, 0.25) is 0 Å². The minimum Gasteiger partial charge on any atom is -0.204 e. The largest absolute Gasteiger partial charge is 0.204 e. The van der Waals surface area contributed by atoms with Gasteiger partial charge in [0.1, 0.15) is 0 Å². The van der Waals surface area contributed by atoms with Crippen LogP contribution < -0.4 is 0 Å². The number of hydrogen-bond acceptors (Lipinski definition) is 3. The summed E-state index contributed by atoms with van der Waals surface area (Å²) in [6.45, 7) is 2.66. The van der Waals surface area contributed by atoms with Gasteiger partial charge in [-0.25, -0.2) is 4.89 Å². The van der Waals surface area contributed by atoms with Crippen molar-refractivity contribution in [2.45, 2.75) is 64.7 Å². The predicted molar refractivity (Wildman–Crippen MR) is 56.0 cm³/mol. The van der Waals surface area contributed by atoms with Gasteiger partial charge in [0, 0.05) is 0 Å². The molecule has 0 spiro atoms. The van der Waals surface area contributed by atoms with Crippen molar-refractivity contribution < 1.29 is 20.2 Å². The number of rotatable bonds is 12. The normalized spacial score (nSPS) is 10.8. The third-order valence-corrected chi connectivity index (χ3v) is 2.41. The van der Waals surface area contributed by atoms with Gasteiger partial charge in [0.2, 0.25) is 0 Å². The second-order valence-electron chi connectivity index (χ2n) is 3.79. The zero-order chi connectivity index (χ0) is 11.2. The molecule has 0 unspecified atom stereocenters. The first-order chi connectivity index (χ1) is 7.41. The van der Waals surface area contributed by atoms with E-state index in [0.29, 0.717) is 6.61 Å². The molecule has 0 amide bonds. The van der Waals surface area contributed by atoms with Crippen LogP contribution in [0.25, 0.3) is 0 Å². The molecule has 0 saturated carbocycles. The van der Waals surface area contributed by atoms with Gasteiger partial charge < -0.3 is 0 Å². The smallest absolute Gasteiger partial charge is 0.0855 e. The summed E-state index contributed by atoms with van der Waals surface area (Å²) in [4.78, 5) is 4.41. The highest BCUT2D eigenvalue weighted by atomic mass is 17.6. The van der Waals surface area contributed by atoms with Gasteiger partial charge in [-0.3, -0.25) is 0 Å². The standard InChI is InChI=1S/C11H23O4/c1-2-3-4-5-6-7-8-9-10-11-13-15-14-12/h2-11H2,1H3. The Morgan fingerprint density at radius 1 is 0.800 bits per heavy atom. The van der Waals surface area contributed by atoms with Crippen LogP contribution in [0.15, 0.2) is 0 Å². The van der Waals surface area contributed by atoms with Crippen molar-refractivity contribution in [3.05, 3.63) is 0 Å². The molecule has 0 heterocycles. The highest BCUT2D eigenvalue weighted by Crippen LogP contribution is 2.09. The minimum absolute atomic E-state index is 0.429. The highest BCUT2D eigenvalue weighted by molar-refractivity contribution is 4.45. The van der Waals surface area contributed by atoms with E-state index in [9.17, 15) is 5.26 Å². The molecule has 0 aromatic rings. The second-order valence-corrected chi connectivity index (χ2v) is 3.79. The maximum Gasteiger partial charge on any atom is 0.0855 e. The molecule has 4 heteroatoms. The third kappa shape index (κ3) is 13.8. The fourth-order valence-electron chi connectivity index (χ4n) is 1.53. The summed E-state index contributed by atoms with van der Waals surface area (Å²) in [6, 6.07) is 0. The van der Waals surface area contributed by atoms with Crippen molar-refractivity contribution in [1.82, 2.24) is 0 Å². The topological polar surface area (TPSA) is 47.6 Å². The lowest BCUT2D eigenvalue weighted by Gasteiger charge is -2.01. The summed E-state index contributed by atoms with van der Waals surface area (Å²) in [5.74, 6) is 0. The van der Waals surface area contributed by atoms with Crippen molar-refractivity contribution in [3.8, 4) is 0 Å². The molecule has 0 aromatic carbocycles. The molecule has 15 heavy (non-hydrogen) atoms. The molecule has 0 fully saturated rings. The van der Waals surface area contributed by atoms with E-state index in [1.54, 1.807) is 0 Å². The molecule has 0 bridgehead atoms. The zero-order valence-electron chi connectivity index (χ0n) is 9.70. The Balaban J connectivity index is 2.81. The van der Waals surface area contributed by atoms with Gasteiger partial charge in [-0.2, -0.15) is 0 Å².